The number of hydrogen-bond donors (Lipinski definition) is 0. The largest absolute Gasteiger partial charge is 0.292 e. The summed E-state index contributed by atoms with van der Waals surface area (Å²) < 4.78 is 0. The van der Waals surface area contributed by atoms with Crippen LogP contribution in [0, 0.1) is 13.8 Å². The van der Waals surface area contributed by atoms with Crippen molar-refractivity contribution in [3.05, 3.63) is 32.2 Å². The van der Waals surface area contributed by atoms with Crippen molar-refractivity contribution in [1.82, 2.24) is 9.97 Å². The van der Waals surface area contributed by atoms with Crippen LogP contribution in [-0.4, -0.2) is 21.5 Å². The summed E-state index contributed by atoms with van der Waals surface area (Å²) in [5, 5.41) is 5.04. The van der Waals surface area contributed by atoms with E-state index in [2.05, 4.69) is 9.97 Å². The van der Waals surface area contributed by atoms with Gasteiger partial charge in [0.1, 0.15) is 0 Å². The first-order valence-corrected chi connectivity index (χ1v) is 8.08. The molecular formula is C14H18N2O2S2. The van der Waals surface area contributed by atoms with Crippen molar-refractivity contribution in [2.45, 2.75) is 40.5 Å². The van der Waals surface area contributed by atoms with Crippen molar-refractivity contribution < 1.29 is 9.59 Å². The number of aromatic nitrogens is 2. The number of carbonyl (C=O) groups excluding carboxylic acids is 2. The Balaban J connectivity index is 0.000000204. The Morgan fingerprint density at radius 2 is 1.55 bits per heavy atom. The van der Waals surface area contributed by atoms with Gasteiger partial charge >= 0.3 is 0 Å². The fourth-order valence-corrected chi connectivity index (χ4v) is 2.79. The minimum atomic E-state index is 0.0492. The van der Waals surface area contributed by atoms with Gasteiger partial charge in [-0.3, -0.25) is 9.59 Å². The van der Waals surface area contributed by atoms with Crippen LogP contribution in [0.2, 0.25) is 0 Å². The molecule has 4 nitrogen and oxygen atoms in total. The average molecular weight is 310 g/mol. The van der Waals surface area contributed by atoms with Gasteiger partial charge in [-0.1, -0.05) is 6.92 Å². The Kier molecular flexibility index (Phi) is 6.67. The molecule has 2 aromatic heterocycles. The third-order valence-electron chi connectivity index (χ3n) is 2.25. The lowest BCUT2D eigenvalue weighted by molar-refractivity contribution is 0.0979. The van der Waals surface area contributed by atoms with E-state index in [9.17, 15) is 9.59 Å². The van der Waals surface area contributed by atoms with E-state index < -0.39 is 0 Å². The van der Waals surface area contributed by atoms with Crippen LogP contribution in [0.25, 0.3) is 0 Å². The summed E-state index contributed by atoms with van der Waals surface area (Å²) in [5.74, 6) is 0.221. The predicted octanol–water partition coefficient (Wildman–Crippen LogP) is 4.09. The molecule has 0 saturated heterocycles. The van der Waals surface area contributed by atoms with Crippen LogP contribution in [0.1, 0.15) is 57.7 Å². The molecule has 2 rings (SSSR count). The Hall–Kier alpha value is -1.40. The number of nitrogens with zero attached hydrogens (tertiary/aromatic N) is 2. The van der Waals surface area contributed by atoms with Gasteiger partial charge in [0.05, 0.1) is 0 Å². The number of ketones is 2. The Morgan fingerprint density at radius 3 is 1.85 bits per heavy atom. The summed E-state index contributed by atoms with van der Waals surface area (Å²) in [6.45, 7) is 7.30. The molecule has 0 spiro atoms. The topological polar surface area (TPSA) is 59.9 Å². The van der Waals surface area contributed by atoms with Crippen LogP contribution in [0.3, 0.4) is 0 Å². The zero-order chi connectivity index (χ0) is 15.1. The first-order valence-electron chi connectivity index (χ1n) is 6.32. The molecule has 0 unspecified atom stereocenters. The molecule has 0 amide bonds. The summed E-state index contributed by atoms with van der Waals surface area (Å²) in [6, 6.07) is 0. The molecule has 0 atom stereocenters. The SMILES string of the molecule is CC(=O)c1nc(C)cs1.CCCC(=O)c1nc(C)cs1. The van der Waals surface area contributed by atoms with Crippen LogP contribution in [-0.2, 0) is 0 Å². The highest BCUT2D eigenvalue weighted by molar-refractivity contribution is 7.12. The predicted molar refractivity (Wildman–Crippen MR) is 82.9 cm³/mol. The maximum Gasteiger partial charge on any atom is 0.191 e. The van der Waals surface area contributed by atoms with Gasteiger partial charge < -0.3 is 0 Å². The maximum absolute atomic E-state index is 11.2. The number of rotatable bonds is 4. The molecule has 2 aromatic rings. The molecule has 0 aromatic carbocycles. The van der Waals surface area contributed by atoms with E-state index in [-0.39, 0.29) is 11.6 Å². The lowest BCUT2D eigenvalue weighted by atomic mass is 10.2. The Morgan fingerprint density at radius 1 is 1.05 bits per heavy atom. The molecule has 108 valence electrons. The molecule has 0 saturated carbocycles. The average Bonchev–Trinajstić information content (AvgIpc) is 2.99. The van der Waals surface area contributed by atoms with Gasteiger partial charge in [0.15, 0.2) is 21.6 Å². The summed E-state index contributed by atoms with van der Waals surface area (Å²) in [7, 11) is 0. The first-order chi connectivity index (χ1) is 9.43. The lowest BCUT2D eigenvalue weighted by Gasteiger charge is -1.89. The Labute approximate surface area is 126 Å². The van der Waals surface area contributed by atoms with Crippen LogP contribution < -0.4 is 0 Å². The lowest BCUT2D eigenvalue weighted by Crippen LogP contribution is -1.96. The highest BCUT2D eigenvalue weighted by Gasteiger charge is 2.07. The van der Waals surface area contributed by atoms with Gasteiger partial charge in [0.25, 0.3) is 0 Å². The van der Waals surface area contributed by atoms with Crippen molar-refractivity contribution in [3.8, 4) is 0 Å². The fourth-order valence-electron chi connectivity index (χ4n) is 1.33. The van der Waals surface area contributed by atoms with Crippen LogP contribution in [0.4, 0.5) is 0 Å². The third kappa shape index (κ3) is 5.30. The minimum Gasteiger partial charge on any atom is -0.292 e. The van der Waals surface area contributed by atoms with Crippen molar-refractivity contribution in [3.63, 3.8) is 0 Å². The van der Waals surface area contributed by atoms with E-state index in [1.807, 2.05) is 31.5 Å². The minimum absolute atomic E-state index is 0.0492. The second-order valence-corrected chi connectivity index (χ2v) is 6.03. The molecule has 0 fully saturated rings. The summed E-state index contributed by atoms with van der Waals surface area (Å²) >= 11 is 2.83. The number of thiazole rings is 2. The molecule has 0 aliphatic carbocycles. The zero-order valence-corrected chi connectivity index (χ0v) is 13.7. The summed E-state index contributed by atoms with van der Waals surface area (Å²) in [4.78, 5) is 29.9. The van der Waals surface area contributed by atoms with E-state index in [0.29, 0.717) is 16.4 Å². The Bertz CT molecular complexity index is 588. The van der Waals surface area contributed by atoms with Gasteiger partial charge in [0, 0.05) is 35.5 Å². The van der Waals surface area contributed by atoms with Crippen LogP contribution in [0.15, 0.2) is 10.8 Å². The van der Waals surface area contributed by atoms with Gasteiger partial charge in [-0.05, 0) is 20.3 Å². The highest BCUT2D eigenvalue weighted by Crippen LogP contribution is 2.11. The van der Waals surface area contributed by atoms with Crippen LogP contribution >= 0.6 is 22.7 Å². The van der Waals surface area contributed by atoms with Gasteiger partial charge in [0.2, 0.25) is 0 Å². The van der Waals surface area contributed by atoms with Gasteiger partial charge in [-0.15, -0.1) is 22.7 Å². The number of carbonyl (C=O) groups is 2. The summed E-state index contributed by atoms with van der Waals surface area (Å²) in [6.07, 6.45) is 1.52. The highest BCUT2D eigenvalue weighted by atomic mass is 32.1. The summed E-state index contributed by atoms with van der Waals surface area (Å²) in [5.41, 5.74) is 1.86. The smallest absolute Gasteiger partial charge is 0.191 e. The van der Waals surface area contributed by atoms with E-state index in [0.717, 1.165) is 17.8 Å². The van der Waals surface area contributed by atoms with Gasteiger partial charge in [-0.2, -0.15) is 0 Å². The van der Waals surface area contributed by atoms with Crippen LogP contribution in [0.5, 0.6) is 0 Å². The third-order valence-corrected chi connectivity index (χ3v) is 4.32. The quantitative estimate of drug-likeness (QED) is 0.798. The molecular weight excluding hydrogens is 292 g/mol. The molecule has 20 heavy (non-hydrogen) atoms. The van der Waals surface area contributed by atoms with Crippen molar-refractivity contribution in [1.29, 1.82) is 0 Å². The fraction of sp³-hybridized carbons (Fsp3) is 0.429. The van der Waals surface area contributed by atoms with E-state index in [4.69, 9.17) is 0 Å². The molecule has 0 bridgehead atoms. The second-order valence-electron chi connectivity index (χ2n) is 4.32. The number of hydrogen-bond acceptors (Lipinski definition) is 6. The molecule has 0 aliphatic rings. The molecule has 6 heteroatoms. The maximum atomic E-state index is 11.2. The normalized spacial score (nSPS) is 9.80. The molecule has 0 aliphatic heterocycles. The monoisotopic (exact) mass is 310 g/mol. The zero-order valence-electron chi connectivity index (χ0n) is 12.1. The first kappa shape index (κ1) is 16.7. The number of Topliss-reactive ketones (excluding diaryl/α,β-unsaturated/α-hetero) is 2. The standard InChI is InChI=1S/C8H11NOS.C6H7NOS/c1-3-4-7(10)8-9-6(2)5-11-8;1-4-3-9-6(7-4)5(2)8/h5H,3-4H2,1-2H3;3H,1-2H3. The van der Waals surface area contributed by atoms with Gasteiger partial charge in [-0.25, -0.2) is 9.97 Å². The van der Waals surface area contributed by atoms with E-state index in [1.165, 1.54) is 29.6 Å². The van der Waals surface area contributed by atoms with Crippen molar-refractivity contribution in [2.24, 2.45) is 0 Å². The van der Waals surface area contributed by atoms with Crippen molar-refractivity contribution >= 4 is 34.2 Å². The molecule has 0 radical (unpaired) electrons. The van der Waals surface area contributed by atoms with E-state index in [1.54, 1.807) is 0 Å². The van der Waals surface area contributed by atoms with E-state index >= 15 is 0 Å². The molecule has 2 heterocycles. The second kappa shape index (κ2) is 8.01. The van der Waals surface area contributed by atoms with Crippen molar-refractivity contribution in [2.75, 3.05) is 0 Å². The number of aryl methyl sites for hydroxylation is 2. The molecule has 0 N–H and O–H groups in total.